The molecule has 0 radical (unpaired) electrons. The first-order valence-electron chi connectivity index (χ1n) is 4.18. The molecule has 3 N–H and O–H groups in total. The Kier molecular flexibility index (Phi) is 2.08. The smallest absolute Gasteiger partial charge is 0.324 e. The van der Waals surface area contributed by atoms with Gasteiger partial charge in [-0.3, -0.25) is 4.79 Å². The van der Waals surface area contributed by atoms with Crippen LogP contribution >= 0.6 is 15.9 Å². The first-order chi connectivity index (χ1) is 6.54. The van der Waals surface area contributed by atoms with Crippen LogP contribution in [-0.2, 0) is 4.79 Å². The van der Waals surface area contributed by atoms with Crippen molar-refractivity contribution < 1.29 is 9.90 Å². The van der Waals surface area contributed by atoms with Gasteiger partial charge >= 0.3 is 5.97 Å². The van der Waals surface area contributed by atoms with E-state index in [4.69, 9.17) is 10.8 Å². The molecule has 1 aromatic rings. The van der Waals surface area contributed by atoms with E-state index in [2.05, 4.69) is 20.9 Å². The highest BCUT2D eigenvalue weighted by Gasteiger charge is 2.58. The van der Waals surface area contributed by atoms with Gasteiger partial charge in [-0.05, 0) is 34.0 Å². The van der Waals surface area contributed by atoms with Gasteiger partial charge in [-0.15, -0.1) is 0 Å². The van der Waals surface area contributed by atoms with E-state index in [1.807, 2.05) is 6.07 Å². The molecule has 0 bridgehead atoms. The molecule has 0 saturated heterocycles. The molecule has 4 nitrogen and oxygen atoms in total. The van der Waals surface area contributed by atoms with Crippen molar-refractivity contribution in [2.24, 2.45) is 5.73 Å². The van der Waals surface area contributed by atoms with Crippen molar-refractivity contribution in [3.8, 4) is 0 Å². The van der Waals surface area contributed by atoms with Crippen molar-refractivity contribution in [2.45, 2.75) is 17.9 Å². The Morgan fingerprint density at radius 1 is 1.71 bits per heavy atom. The molecule has 2 rings (SSSR count). The number of aliphatic carboxylic acids is 1. The summed E-state index contributed by atoms with van der Waals surface area (Å²) < 4.78 is 0.736. The van der Waals surface area contributed by atoms with Crippen molar-refractivity contribution >= 4 is 21.9 Å². The number of rotatable bonds is 2. The van der Waals surface area contributed by atoms with E-state index in [9.17, 15) is 4.79 Å². The van der Waals surface area contributed by atoms with Crippen LogP contribution < -0.4 is 5.73 Å². The Labute approximate surface area is 89.3 Å². The number of hydrogen-bond donors (Lipinski definition) is 2. The maximum Gasteiger partial charge on any atom is 0.324 e. The molecule has 1 saturated carbocycles. The summed E-state index contributed by atoms with van der Waals surface area (Å²) in [5.41, 5.74) is 5.48. The average Bonchev–Trinajstić information content (AvgIpc) is 2.81. The monoisotopic (exact) mass is 256 g/mol. The molecule has 0 aromatic carbocycles. The third-order valence-electron chi connectivity index (χ3n) is 2.55. The number of carboxylic acid groups (broad SMARTS) is 1. The van der Waals surface area contributed by atoms with Gasteiger partial charge in [0, 0.05) is 12.1 Å². The molecule has 0 unspecified atom stereocenters. The van der Waals surface area contributed by atoms with Gasteiger partial charge in [0.1, 0.15) is 10.1 Å². The average molecular weight is 257 g/mol. The van der Waals surface area contributed by atoms with Crippen LogP contribution in [-0.4, -0.2) is 21.6 Å². The fourth-order valence-electron chi connectivity index (χ4n) is 1.52. The van der Waals surface area contributed by atoms with Crippen LogP contribution in [0.2, 0.25) is 0 Å². The van der Waals surface area contributed by atoms with Gasteiger partial charge in [-0.2, -0.15) is 0 Å². The summed E-state index contributed by atoms with van der Waals surface area (Å²) in [6.45, 7) is 0. The van der Waals surface area contributed by atoms with Crippen molar-refractivity contribution in [2.75, 3.05) is 0 Å². The summed E-state index contributed by atoms with van der Waals surface area (Å²) in [5, 5.41) is 8.84. The molecule has 14 heavy (non-hydrogen) atoms. The molecule has 1 aromatic heterocycles. The number of hydrogen-bond acceptors (Lipinski definition) is 3. The fraction of sp³-hybridized carbons (Fsp3) is 0.333. The van der Waals surface area contributed by atoms with Gasteiger partial charge in [0.2, 0.25) is 0 Å². The van der Waals surface area contributed by atoms with Gasteiger partial charge in [0.15, 0.2) is 0 Å². The number of aromatic nitrogens is 1. The number of nitrogens with zero attached hydrogens (tertiary/aromatic N) is 1. The second-order valence-corrected chi connectivity index (χ2v) is 4.33. The van der Waals surface area contributed by atoms with Crippen LogP contribution in [0.1, 0.15) is 17.9 Å². The molecule has 0 amide bonds. The van der Waals surface area contributed by atoms with Crippen molar-refractivity contribution in [1.29, 1.82) is 0 Å². The Bertz CT molecular complexity index is 379. The fourth-order valence-corrected chi connectivity index (χ4v) is 1.76. The molecule has 74 valence electrons. The minimum Gasteiger partial charge on any atom is -0.480 e. The summed E-state index contributed by atoms with van der Waals surface area (Å²) in [6.07, 6.45) is 2.15. The summed E-state index contributed by atoms with van der Waals surface area (Å²) in [6, 6.07) is 3.63. The highest BCUT2D eigenvalue weighted by molar-refractivity contribution is 9.10. The van der Waals surface area contributed by atoms with Crippen LogP contribution in [0.3, 0.4) is 0 Å². The minimum absolute atomic E-state index is 0.0967. The zero-order valence-electron chi connectivity index (χ0n) is 7.27. The predicted molar refractivity (Wildman–Crippen MR) is 53.8 cm³/mol. The molecule has 1 fully saturated rings. The van der Waals surface area contributed by atoms with Crippen molar-refractivity contribution in [3.05, 3.63) is 28.5 Å². The van der Waals surface area contributed by atoms with E-state index in [0.717, 1.165) is 10.2 Å². The van der Waals surface area contributed by atoms with Crippen LogP contribution in [0.25, 0.3) is 0 Å². The predicted octanol–water partition coefficient (Wildman–Crippen LogP) is 1.11. The molecular formula is C9H9BrN2O2. The van der Waals surface area contributed by atoms with E-state index < -0.39 is 11.5 Å². The lowest BCUT2D eigenvalue weighted by Gasteiger charge is -2.04. The van der Waals surface area contributed by atoms with Gasteiger partial charge in [0.05, 0.1) is 0 Å². The Hall–Kier alpha value is -0.940. The highest BCUT2D eigenvalue weighted by Crippen LogP contribution is 2.49. The first kappa shape index (κ1) is 9.61. The second-order valence-electron chi connectivity index (χ2n) is 3.52. The van der Waals surface area contributed by atoms with E-state index in [0.29, 0.717) is 6.42 Å². The van der Waals surface area contributed by atoms with Crippen LogP contribution in [0.4, 0.5) is 0 Å². The summed E-state index contributed by atoms with van der Waals surface area (Å²) >= 11 is 3.21. The highest BCUT2D eigenvalue weighted by atomic mass is 79.9. The molecule has 2 atom stereocenters. The maximum atomic E-state index is 10.8. The van der Waals surface area contributed by atoms with Gasteiger partial charge in [-0.1, -0.05) is 6.07 Å². The Balaban J connectivity index is 2.21. The maximum absolute atomic E-state index is 10.8. The third-order valence-corrected chi connectivity index (χ3v) is 3.02. The lowest BCUT2D eigenvalue weighted by Crippen LogP contribution is -2.34. The molecular weight excluding hydrogens is 248 g/mol. The molecule has 1 heterocycles. The summed E-state index contributed by atoms with van der Waals surface area (Å²) in [5.74, 6) is -1.04. The van der Waals surface area contributed by atoms with Crippen LogP contribution in [0.15, 0.2) is 22.9 Å². The third kappa shape index (κ3) is 1.42. The Morgan fingerprint density at radius 2 is 2.43 bits per heavy atom. The van der Waals surface area contributed by atoms with Gasteiger partial charge in [-0.25, -0.2) is 4.98 Å². The zero-order valence-corrected chi connectivity index (χ0v) is 8.86. The number of nitrogens with two attached hydrogens (primary N) is 1. The van der Waals surface area contributed by atoms with E-state index in [1.54, 1.807) is 12.3 Å². The molecule has 5 heteroatoms. The second kappa shape index (κ2) is 3.03. The molecule has 0 spiro atoms. The normalized spacial score (nSPS) is 30.0. The zero-order chi connectivity index (χ0) is 10.3. The standard InChI is InChI=1S/C9H9BrN2O2/c10-7-2-1-5(4-12-7)6-3-9(6,11)8(13)14/h1-2,4,6H,3,11H2,(H,13,14)/t6-,9+/m0/s1. The topological polar surface area (TPSA) is 76.2 Å². The first-order valence-corrected chi connectivity index (χ1v) is 4.97. The number of carboxylic acids is 1. The van der Waals surface area contributed by atoms with Crippen LogP contribution in [0.5, 0.6) is 0 Å². The van der Waals surface area contributed by atoms with Gasteiger partial charge < -0.3 is 10.8 Å². The van der Waals surface area contributed by atoms with E-state index in [1.165, 1.54) is 0 Å². The van der Waals surface area contributed by atoms with Gasteiger partial charge in [0.25, 0.3) is 0 Å². The quantitative estimate of drug-likeness (QED) is 0.778. The van der Waals surface area contributed by atoms with E-state index in [-0.39, 0.29) is 5.92 Å². The number of pyridine rings is 1. The lowest BCUT2D eigenvalue weighted by atomic mass is 10.1. The molecule has 1 aliphatic rings. The number of carbonyl (C=O) groups is 1. The minimum atomic E-state index is -1.07. The number of halogens is 1. The van der Waals surface area contributed by atoms with Crippen molar-refractivity contribution in [3.63, 3.8) is 0 Å². The molecule has 1 aliphatic carbocycles. The largest absolute Gasteiger partial charge is 0.480 e. The van der Waals surface area contributed by atoms with Crippen LogP contribution in [0, 0.1) is 0 Å². The van der Waals surface area contributed by atoms with E-state index >= 15 is 0 Å². The summed E-state index contributed by atoms with van der Waals surface area (Å²) in [4.78, 5) is 14.8. The molecule has 0 aliphatic heterocycles. The summed E-state index contributed by atoms with van der Waals surface area (Å²) in [7, 11) is 0. The SMILES string of the molecule is N[C@]1(C(=O)O)C[C@H]1c1ccc(Br)nc1. The lowest BCUT2D eigenvalue weighted by molar-refractivity contribution is -0.139. The Morgan fingerprint density at radius 3 is 2.86 bits per heavy atom. The van der Waals surface area contributed by atoms with Crippen molar-refractivity contribution in [1.82, 2.24) is 4.98 Å².